The van der Waals surface area contributed by atoms with E-state index in [4.69, 9.17) is 11.6 Å². The fraction of sp³-hybridized carbons (Fsp3) is 0.105. The van der Waals surface area contributed by atoms with E-state index in [1.54, 1.807) is 43.3 Å². The summed E-state index contributed by atoms with van der Waals surface area (Å²) in [6.07, 6.45) is 1.53. The Bertz CT molecular complexity index is 1260. The standard InChI is InChI=1S/C19H15ClN2O3S/c1-2-26(24,25)13-5-3-4-11(8-13)14-6-7-16(23)18-17(14)15-9-12(20)10-21-19(15)22-18/h3-10,23H,2H2,1H3,(H,21,22). The molecule has 0 amide bonds. The van der Waals surface area contributed by atoms with Crippen molar-refractivity contribution in [1.82, 2.24) is 9.97 Å². The van der Waals surface area contributed by atoms with Crippen molar-refractivity contribution in [3.05, 3.63) is 53.7 Å². The van der Waals surface area contributed by atoms with Gasteiger partial charge in [0.05, 0.1) is 21.2 Å². The molecule has 0 aliphatic carbocycles. The van der Waals surface area contributed by atoms with E-state index in [-0.39, 0.29) is 16.4 Å². The monoisotopic (exact) mass is 386 g/mol. The number of H-pyrrole nitrogens is 1. The van der Waals surface area contributed by atoms with E-state index < -0.39 is 9.84 Å². The number of benzene rings is 2. The van der Waals surface area contributed by atoms with Gasteiger partial charge >= 0.3 is 0 Å². The number of phenols is 1. The van der Waals surface area contributed by atoms with Gasteiger partial charge in [0.15, 0.2) is 9.84 Å². The van der Waals surface area contributed by atoms with E-state index >= 15 is 0 Å². The fourth-order valence-corrected chi connectivity index (χ4v) is 4.19. The molecule has 4 rings (SSSR count). The van der Waals surface area contributed by atoms with E-state index in [0.717, 1.165) is 21.9 Å². The molecule has 132 valence electrons. The first-order chi connectivity index (χ1) is 12.4. The van der Waals surface area contributed by atoms with Gasteiger partial charge in [-0.3, -0.25) is 0 Å². The van der Waals surface area contributed by atoms with Crippen molar-refractivity contribution in [2.24, 2.45) is 0 Å². The van der Waals surface area contributed by atoms with Crippen LogP contribution >= 0.6 is 11.6 Å². The van der Waals surface area contributed by atoms with E-state index in [0.29, 0.717) is 16.2 Å². The van der Waals surface area contributed by atoms with E-state index in [9.17, 15) is 13.5 Å². The molecule has 0 unspecified atom stereocenters. The Labute approximate surface area is 155 Å². The molecule has 2 aromatic heterocycles. The van der Waals surface area contributed by atoms with Crippen LogP contribution in [0.2, 0.25) is 5.02 Å². The Balaban J connectivity index is 2.07. The number of aromatic hydroxyl groups is 1. The summed E-state index contributed by atoms with van der Waals surface area (Å²) in [5.74, 6) is 0.129. The number of hydrogen-bond donors (Lipinski definition) is 2. The van der Waals surface area contributed by atoms with Crippen LogP contribution in [0, 0.1) is 0 Å². The van der Waals surface area contributed by atoms with Gasteiger partial charge in [0.25, 0.3) is 0 Å². The first-order valence-electron chi connectivity index (χ1n) is 8.03. The predicted molar refractivity (Wildman–Crippen MR) is 103 cm³/mol. The fourth-order valence-electron chi connectivity index (χ4n) is 3.11. The number of fused-ring (bicyclic) bond motifs is 3. The van der Waals surface area contributed by atoms with Gasteiger partial charge in [-0.15, -0.1) is 0 Å². The highest BCUT2D eigenvalue weighted by Gasteiger charge is 2.17. The van der Waals surface area contributed by atoms with Crippen LogP contribution in [0.15, 0.2) is 53.6 Å². The minimum atomic E-state index is -3.32. The Morgan fingerprint density at radius 1 is 1.19 bits per heavy atom. The SMILES string of the molecule is CCS(=O)(=O)c1cccc(-c2ccc(O)c3[nH]c4ncc(Cl)cc4c23)c1. The first kappa shape index (κ1) is 16.9. The number of nitrogens with one attached hydrogen (secondary N) is 1. The molecule has 0 saturated carbocycles. The van der Waals surface area contributed by atoms with Crippen molar-refractivity contribution in [2.75, 3.05) is 5.75 Å². The van der Waals surface area contributed by atoms with Gasteiger partial charge in [0.1, 0.15) is 11.4 Å². The van der Waals surface area contributed by atoms with Gasteiger partial charge in [-0.25, -0.2) is 13.4 Å². The zero-order valence-electron chi connectivity index (χ0n) is 13.8. The molecule has 0 saturated heterocycles. The lowest BCUT2D eigenvalue weighted by atomic mass is 9.99. The number of halogens is 1. The second kappa shape index (κ2) is 6.00. The summed E-state index contributed by atoms with van der Waals surface area (Å²) in [6, 6.07) is 11.9. The molecule has 0 aliphatic heterocycles. The lowest BCUT2D eigenvalue weighted by Crippen LogP contribution is -2.03. The molecule has 2 aromatic carbocycles. The minimum absolute atomic E-state index is 0.0358. The van der Waals surface area contributed by atoms with Crippen molar-refractivity contribution in [1.29, 1.82) is 0 Å². The molecular formula is C19H15ClN2O3S. The van der Waals surface area contributed by atoms with Gasteiger partial charge in [0, 0.05) is 17.0 Å². The number of rotatable bonds is 3. The number of phenolic OH excluding ortho intramolecular Hbond substituents is 1. The molecule has 0 aliphatic rings. The van der Waals surface area contributed by atoms with Gasteiger partial charge < -0.3 is 10.1 Å². The van der Waals surface area contributed by atoms with E-state index in [2.05, 4.69) is 9.97 Å². The van der Waals surface area contributed by atoms with Gasteiger partial charge in [-0.2, -0.15) is 0 Å². The number of pyridine rings is 1. The van der Waals surface area contributed by atoms with Crippen molar-refractivity contribution in [3.63, 3.8) is 0 Å². The Morgan fingerprint density at radius 2 is 2.00 bits per heavy atom. The summed E-state index contributed by atoms with van der Waals surface area (Å²) in [4.78, 5) is 7.64. The molecule has 0 atom stereocenters. The maximum Gasteiger partial charge on any atom is 0.178 e. The van der Waals surface area contributed by atoms with Crippen molar-refractivity contribution in [3.8, 4) is 16.9 Å². The molecule has 4 aromatic rings. The zero-order valence-corrected chi connectivity index (χ0v) is 15.4. The lowest BCUT2D eigenvalue weighted by molar-refractivity contribution is 0.480. The first-order valence-corrected chi connectivity index (χ1v) is 10.1. The molecule has 26 heavy (non-hydrogen) atoms. The normalized spacial score (nSPS) is 12.1. The Hall–Kier alpha value is -2.57. The maximum atomic E-state index is 12.2. The van der Waals surface area contributed by atoms with Crippen molar-refractivity contribution < 1.29 is 13.5 Å². The Kier molecular flexibility index (Phi) is 3.89. The molecule has 2 heterocycles. The highest BCUT2D eigenvalue weighted by molar-refractivity contribution is 7.91. The number of sulfone groups is 1. The number of nitrogens with zero attached hydrogens (tertiary/aromatic N) is 1. The maximum absolute atomic E-state index is 12.2. The summed E-state index contributed by atoms with van der Waals surface area (Å²) in [7, 11) is -3.32. The van der Waals surface area contributed by atoms with Crippen LogP contribution in [0.4, 0.5) is 0 Å². The third kappa shape index (κ3) is 2.62. The smallest absolute Gasteiger partial charge is 0.178 e. The third-order valence-corrected chi connectivity index (χ3v) is 6.37. The Morgan fingerprint density at radius 3 is 2.77 bits per heavy atom. The van der Waals surface area contributed by atoms with Crippen LogP contribution in [-0.4, -0.2) is 29.2 Å². The summed E-state index contributed by atoms with van der Waals surface area (Å²) in [5, 5.41) is 12.2. The number of aromatic nitrogens is 2. The average Bonchev–Trinajstić information content (AvgIpc) is 3.02. The van der Waals surface area contributed by atoms with Crippen LogP contribution in [-0.2, 0) is 9.84 Å². The molecular weight excluding hydrogens is 372 g/mol. The molecule has 0 bridgehead atoms. The average molecular weight is 387 g/mol. The van der Waals surface area contributed by atoms with Crippen molar-refractivity contribution >= 4 is 43.4 Å². The highest BCUT2D eigenvalue weighted by Crippen LogP contribution is 2.39. The van der Waals surface area contributed by atoms with Crippen LogP contribution in [0.5, 0.6) is 5.75 Å². The quantitative estimate of drug-likeness (QED) is 0.541. The minimum Gasteiger partial charge on any atom is -0.506 e. The zero-order chi connectivity index (χ0) is 18.5. The van der Waals surface area contributed by atoms with Gasteiger partial charge in [0.2, 0.25) is 0 Å². The summed E-state index contributed by atoms with van der Waals surface area (Å²) < 4.78 is 24.5. The lowest BCUT2D eigenvalue weighted by Gasteiger charge is -2.08. The molecule has 0 spiro atoms. The third-order valence-electron chi connectivity index (χ3n) is 4.43. The van der Waals surface area contributed by atoms with Crippen LogP contribution < -0.4 is 0 Å². The predicted octanol–water partition coefficient (Wildman–Crippen LogP) is 4.54. The second-order valence-electron chi connectivity index (χ2n) is 5.99. The summed E-state index contributed by atoms with van der Waals surface area (Å²) >= 11 is 6.10. The molecule has 5 nitrogen and oxygen atoms in total. The largest absolute Gasteiger partial charge is 0.506 e. The van der Waals surface area contributed by atoms with E-state index in [1.165, 1.54) is 6.20 Å². The van der Waals surface area contributed by atoms with Gasteiger partial charge in [-0.05, 0) is 41.5 Å². The van der Waals surface area contributed by atoms with E-state index in [1.807, 2.05) is 6.07 Å². The van der Waals surface area contributed by atoms with Crippen LogP contribution in [0.3, 0.4) is 0 Å². The van der Waals surface area contributed by atoms with Gasteiger partial charge in [-0.1, -0.05) is 30.7 Å². The highest BCUT2D eigenvalue weighted by atomic mass is 35.5. The summed E-state index contributed by atoms with van der Waals surface area (Å²) in [5.41, 5.74) is 2.67. The number of hydrogen-bond acceptors (Lipinski definition) is 4. The molecule has 2 N–H and O–H groups in total. The second-order valence-corrected chi connectivity index (χ2v) is 8.70. The topological polar surface area (TPSA) is 83.0 Å². The molecule has 0 fully saturated rings. The van der Waals surface area contributed by atoms with Crippen molar-refractivity contribution in [2.45, 2.75) is 11.8 Å². The molecule has 7 heteroatoms. The summed E-state index contributed by atoms with van der Waals surface area (Å²) in [6.45, 7) is 1.62. The van der Waals surface area contributed by atoms with Crippen LogP contribution in [0.25, 0.3) is 33.1 Å². The molecule has 0 radical (unpaired) electrons. The number of aromatic amines is 1. The van der Waals surface area contributed by atoms with Crippen LogP contribution in [0.1, 0.15) is 6.92 Å².